The highest BCUT2D eigenvalue weighted by Crippen LogP contribution is 2.26. The van der Waals surface area contributed by atoms with Gasteiger partial charge < -0.3 is 15.0 Å². The summed E-state index contributed by atoms with van der Waals surface area (Å²) in [7, 11) is 5.67. The van der Waals surface area contributed by atoms with E-state index in [0.717, 1.165) is 13.1 Å². The largest absolute Gasteiger partial charge is 0.496 e. The number of hydrogen-bond acceptors (Lipinski definition) is 4. The average Bonchev–Trinajstić information content (AvgIpc) is 3.22. The van der Waals surface area contributed by atoms with Crippen LogP contribution in [-0.2, 0) is 0 Å². The summed E-state index contributed by atoms with van der Waals surface area (Å²) in [5, 5.41) is 3.12. The topological polar surface area (TPSA) is 44.8 Å². The van der Waals surface area contributed by atoms with Crippen molar-refractivity contribution in [2.75, 3.05) is 45.7 Å². The Morgan fingerprint density at radius 3 is 2.41 bits per heavy atom. The number of ether oxygens (including phenoxy) is 1. The van der Waals surface area contributed by atoms with E-state index >= 15 is 0 Å². The van der Waals surface area contributed by atoms with E-state index in [9.17, 15) is 4.79 Å². The normalized spacial score (nSPS) is 15.4. The number of nitrogens with one attached hydrogen (secondary N) is 1. The molecule has 5 heteroatoms. The molecule has 0 saturated carbocycles. The quantitative estimate of drug-likeness (QED) is 0.815. The number of para-hydroxylation sites is 1. The van der Waals surface area contributed by atoms with E-state index < -0.39 is 0 Å². The number of hydrogen-bond donors (Lipinski definition) is 1. The van der Waals surface area contributed by atoms with Crippen LogP contribution in [0.5, 0.6) is 5.75 Å². The fraction of sp³-hybridized carbons (Fsp3) is 0.409. The Balaban J connectivity index is 1.75. The second kappa shape index (κ2) is 8.91. The molecule has 2 aromatic carbocycles. The van der Waals surface area contributed by atoms with Crippen molar-refractivity contribution in [2.45, 2.75) is 18.9 Å². The third-order valence-electron chi connectivity index (χ3n) is 5.18. The number of carbonyl (C=O) groups excluding carboxylic acids is 1. The Morgan fingerprint density at radius 1 is 1.11 bits per heavy atom. The SMILES string of the molecule is COc1ccccc1C(=O)NC[C@H](c1ccc(N(C)C)cc1)N1CCCC1. The molecule has 1 aliphatic heterocycles. The first-order valence-electron chi connectivity index (χ1n) is 9.52. The lowest BCUT2D eigenvalue weighted by molar-refractivity contribution is 0.0935. The van der Waals surface area contributed by atoms with Gasteiger partial charge in [0, 0.05) is 26.3 Å². The van der Waals surface area contributed by atoms with Gasteiger partial charge in [0.15, 0.2) is 0 Å². The Bertz CT molecular complexity index is 752. The molecule has 1 amide bonds. The maximum absolute atomic E-state index is 12.7. The maximum atomic E-state index is 12.7. The predicted octanol–water partition coefficient (Wildman–Crippen LogP) is 3.33. The van der Waals surface area contributed by atoms with Gasteiger partial charge in [-0.3, -0.25) is 9.69 Å². The summed E-state index contributed by atoms with van der Waals surface area (Å²) in [5.74, 6) is 0.504. The second-order valence-corrected chi connectivity index (χ2v) is 7.16. The molecule has 1 atom stereocenters. The fourth-order valence-electron chi connectivity index (χ4n) is 3.62. The van der Waals surface area contributed by atoms with Gasteiger partial charge in [0.2, 0.25) is 0 Å². The predicted molar refractivity (Wildman–Crippen MR) is 110 cm³/mol. The van der Waals surface area contributed by atoms with E-state index in [4.69, 9.17) is 4.74 Å². The van der Waals surface area contributed by atoms with E-state index in [1.165, 1.54) is 24.1 Å². The monoisotopic (exact) mass is 367 g/mol. The van der Waals surface area contributed by atoms with E-state index in [0.29, 0.717) is 17.9 Å². The Morgan fingerprint density at radius 2 is 1.78 bits per heavy atom. The molecule has 5 nitrogen and oxygen atoms in total. The van der Waals surface area contributed by atoms with Gasteiger partial charge in [-0.1, -0.05) is 24.3 Å². The Hall–Kier alpha value is -2.53. The number of benzene rings is 2. The molecule has 0 radical (unpaired) electrons. The van der Waals surface area contributed by atoms with Crippen molar-refractivity contribution in [1.29, 1.82) is 0 Å². The molecule has 144 valence electrons. The van der Waals surface area contributed by atoms with Gasteiger partial charge in [-0.15, -0.1) is 0 Å². The third kappa shape index (κ3) is 4.61. The van der Waals surface area contributed by atoms with Crippen molar-refractivity contribution < 1.29 is 9.53 Å². The molecule has 0 aliphatic carbocycles. The van der Waals surface area contributed by atoms with Gasteiger partial charge in [0.1, 0.15) is 5.75 Å². The number of anilines is 1. The second-order valence-electron chi connectivity index (χ2n) is 7.16. The van der Waals surface area contributed by atoms with Crippen molar-refractivity contribution in [3.8, 4) is 5.75 Å². The lowest BCUT2D eigenvalue weighted by Gasteiger charge is -2.28. The maximum Gasteiger partial charge on any atom is 0.255 e. The van der Waals surface area contributed by atoms with Crippen molar-refractivity contribution in [3.05, 3.63) is 59.7 Å². The van der Waals surface area contributed by atoms with E-state index in [-0.39, 0.29) is 11.9 Å². The van der Waals surface area contributed by atoms with Crippen LogP contribution in [-0.4, -0.2) is 51.6 Å². The average molecular weight is 367 g/mol. The van der Waals surface area contributed by atoms with Crippen LogP contribution in [0, 0.1) is 0 Å². The first kappa shape index (κ1) is 19.2. The highest BCUT2D eigenvalue weighted by atomic mass is 16.5. The van der Waals surface area contributed by atoms with Crippen molar-refractivity contribution in [2.24, 2.45) is 0 Å². The van der Waals surface area contributed by atoms with Crippen LogP contribution in [0.3, 0.4) is 0 Å². The zero-order valence-corrected chi connectivity index (χ0v) is 16.4. The number of carbonyl (C=O) groups is 1. The lowest BCUT2D eigenvalue weighted by Crippen LogP contribution is -2.37. The first-order chi connectivity index (χ1) is 13.1. The number of nitrogens with zero attached hydrogens (tertiary/aromatic N) is 2. The van der Waals surface area contributed by atoms with E-state index in [2.05, 4.69) is 39.4 Å². The third-order valence-corrected chi connectivity index (χ3v) is 5.18. The van der Waals surface area contributed by atoms with Crippen molar-refractivity contribution >= 4 is 11.6 Å². The molecular formula is C22H29N3O2. The van der Waals surface area contributed by atoms with Crippen LogP contribution in [0.1, 0.15) is 34.8 Å². The van der Waals surface area contributed by atoms with E-state index in [1.54, 1.807) is 13.2 Å². The zero-order valence-electron chi connectivity index (χ0n) is 16.4. The minimum atomic E-state index is -0.0958. The molecule has 27 heavy (non-hydrogen) atoms. The number of likely N-dealkylation sites (tertiary alicyclic amines) is 1. The van der Waals surface area contributed by atoms with Crippen LogP contribution < -0.4 is 15.0 Å². The van der Waals surface area contributed by atoms with Crippen molar-refractivity contribution in [3.63, 3.8) is 0 Å². The van der Waals surface area contributed by atoms with Crippen LogP contribution in [0.15, 0.2) is 48.5 Å². The summed E-state index contributed by atoms with van der Waals surface area (Å²) in [4.78, 5) is 17.3. The number of amides is 1. The van der Waals surface area contributed by atoms with Gasteiger partial charge in [-0.05, 0) is 55.8 Å². The highest BCUT2D eigenvalue weighted by molar-refractivity contribution is 5.96. The minimum absolute atomic E-state index is 0.0958. The van der Waals surface area contributed by atoms with E-state index in [1.807, 2.05) is 32.3 Å². The van der Waals surface area contributed by atoms with Gasteiger partial charge in [0.25, 0.3) is 5.91 Å². The molecule has 1 saturated heterocycles. The minimum Gasteiger partial charge on any atom is -0.496 e. The number of rotatable bonds is 7. The smallest absolute Gasteiger partial charge is 0.255 e. The molecule has 0 spiro atoms. The molecule has 0 unspecified atom stereocenters. The Labute approximate surface area is 161 Å². The number of methoxy groups -OCH3 is 1. The van der Waals surface area contributed by atoms with Crippen LogP contribution >= 0.6 is 0 Å². The lowest BCUT2D eigenvalue weighted by atomic mass is 10.0. The highest BCUT2D eigenvalue weighted by Gasteiger charge is 2.24. The van der Waals surface area contributed by atoms with Gasteiger partial charge in [-0.2, -0.15) is 0 Å². The zero-order chi connectivity index (χ0) is 19.2. The first-order valence-corrected chi connectivity index (χ1v) is 9.52. The van der Waals surface area contributed by atoms with Crippen LogP contribution in [0.2, 0.25) is 0 Å². The molecule has 1 aliphatic rings. The molecule has 0 bridgehead atoms. The molecule has 1 fully saturated rings. The van der Waals surface area contributed by atoms with Gasteiger partial charge >= 0.3 is 0 Å². The van der Waals surface area contributed by atoms with Crippen LogP contribution in [0.25, 0.3) is 0 Å². The summed E-state index contributed by atoms with van der Waals surface area (Å²) >= 11 is 0. The van der Waals surface area contributed by atoms with Crippen LogP contribution in [0.4, 0.5) is 5.69 Å². The Kier molecular flexibility index (Phi) is 6.35. The molecule has 3 rings (SSSR count). The summed E-state index contributed by atoms with van der Waals surface area (Å²) in [6.45, 7) is 2.73. The summed E-state index contributed by atoms with van der Waals surface area (Å²) in [6.07, 6.45) is 2.43. The van der Waals surface area contributed by atoms with Gasteiger partial charge in [0.05, 0.1) is 18.7 Å². The fourth-order valence-corrected chi connectivity index (χ4v) is 3.62. The van der Waals surface area contributed by atoms with Gasteiger partial charge in [-0.25, -0.2) is 0 Å². The summed E-state index contributed by atoms with van der Waals surface area (Å²) < 4.78 is 5.32. The molecule has 2 aromatic rings. The standard InChI is InChI=1S/C22H29N3O2/c1-24(2)18-12-10-17(11-13-18)20(25-14-6-7-15-25)16-23-22(26)19-8-4-5-9-21(19)27-3/h4-5,8-13,20H,6-7,14-16H2,1-3H3,(H,23,26)/t20-/m1/s1. The van der Waals surface area contributed by atoms with Crippen molar-refractivity contribution in [1.82, 2.24) is 10.2 Å². The summed E-state index contributed by atoms with van der Waals surface area (Å²) in [6, 6.07) is 16.1. The molecule has 1 N–H and O–H groups in total. The molecule has 1 heterocycles. The summed E-state index contributed by atoms with van der Waals surface area (Å²) in [5.41, 5.74) is 2.99. The molecular weight excluding hydrogens is 338 g/mol. The molecule has 0 aromatic heterocycles.